The molecule has 0 aliphatic heterocycles. The second-order valence-electron chi connectivity index (χ2n) is 1.01. The number of phosphoric ester groups is 1. The van der Waals surface area contributed by atoms with Gasteiger partial charge in [0.25, 0.3) is 0 Å². The summed E-state index contributed by atoms with van der Waals surface area (Å²) in [4.78, 5) is 16.2. The third-order valence-corrected chi connectivity index (χ3v) is 2.43. The molecule has 8 heteroatoms. The molecule has 0 aromatic rings. The number of hydrogen-bond donors (Lipinski definition) is 2. The Morgan fingerprint density at radius 3 is 2.22 bits per heavy atom. The lowest BCUT2D eigenvalue weighted by Gasteiger charge is -2.03. The monoisotopic (exact) mass is 176 g/mol. The van der Waals surface area contributed by atoms with Crippen LogP contribution in [0.2, 0.25) is 0 Å². The van der Waals surface area contributed by atoms with Crippen LogP contribution in [0.3, 0.4) is 0 Å². The minimum atomic E-state index is -4.25. The molecule has 0 bridgehead atoms. The molecule has 0 aliphatic carbocycles. The van der Waals surface area contributed by atoms with Gasteiger partial charge in [0, 0.05) is 7.11 Å². The molecule has 0 fully saturated rings. The third kappa shape index (κ3) is 4.78. The molecular weight excluding hydrogens is 170 g/mol. The van der Waals surface area contributed by atoms with Crippen LogP contribution in [0.15, 0.2) is 0 Å². The van der Waals surface area contributed by atoms with Gasteiger partial charge in [-0.25, -0.2) is 8.88 Å². The molecule has 0 saturated carbocycles. The van der Waals surface area contributed by atoms with Gasteiger partial charge in [0.05, 0.1) is 0 Å². The van der Waals surface area contributed by atoms with Gasteiger partial charge in [-0.2, -0.15) is 0 Å². The fraction of sp³-hybridized carbons (Fsp3) is 1.00. The van der Waals surface area contributed by atoms with Crippen LogP contribution in [-0.4, -0.2) is 16.9 Å². The lowest BCUT2D eigenvalue weighted by Crippen LogP contribution is -1.82. The topological polar surface area (TPSA) is 93.1 Å². The SMILES string of the molecule is COP(=O)(O)O[PH](=O)O. The zero-order valence-electron chi connectivity index (χ0n) is 4.47. The molecule has 0 radical (unpaired) electrons. The summed E-state index contributed by atoms with van der Waals surface area (Å²) in [5.41, 5.74) is 0. The van der Waals surface area contributed by atoms with Crippen molar-refractivity contribution in [1.82, 2.24) is 0 Å². The van der Waals surface area contributed by atoms with E-state index in [0.717, 1.165) is 7.11 Å². The van der Waals surface area contributed by atoms with Gasteiger partial charge in [0.1, 0.15) is 0 Å². The summed E-state index contributed by atoms with van der Waals surface area (Å²) >= 11 is 0. The second-order valence-corrected chi connectivity index (χ2v) is 3.57. The smallest absolute Gasteiger partial charge is 0.326 e. The molecule has 2 N–H and O–H groups in total. The Labute approximate surface area is 52.0 Å². The third-order valence-electron chi connectivity index (χ3n) is 0.424. The molecule has 6 nitrogen and oxygen atoms in total. The molecule has 0 rings (SSSR count). The Morgan fingerprint density at radius 1 is 1.67 bits per heavy atom. The second kappa shape index (κ2) is 3.46. The molecule has 0 heterocycles. The summed E-state index contributed by atoms with van der Waals surface area (Å²) in [5.74, 6) is 0. The lowest BCUT2D eigenvalue weighted by molar-refractivity contribution is 0.237. The van der Waals surface area contributed by atoms with Crippen LogP contribution < -0.4 is 0 Å². The first-order chi connectivity index (χ1) is 3.98. The molecule has 9 heavy (non-hydrogen) atoms. The van der Waals surface area contributed by atoms with E-state index in [4.69, 9.17) is 9.79 Å². The van der Waals surface area contributed by atoms with Gasteiger partial charge in [-0.15, -0.1) is 0 Å². The quantitative estimate of drug-likeness (QED) is 0.593. The van der Waals surface area contributed by atoms with Crippen molar-refractivity contribution in [3.05, 3.63) is 0 Å². The Bertz CT molecular complexity index is 151. The van der Waals surface area contributed by atoms with Gasteiger partial charge >= 0.3 is 16.1 Å². The van der Waals surface area contributed by atoms with Crippen molar-refractivity contribution in [2.45, 2.75) is 0 Å². The molecule has 2 unspecified atom stereocenters. The highest BCUT2D eigenvalue weighted by Gasteiger charge is 2.20. The first-order valence-corrected chi connectivity index (χ1v) is 4.55. The molecule has 0 aliphatic rings. The Kier molecular flexibility index (Phi) is 3.58. The summed E-state index contributed by atoms with van der Waals surface area (Å²) in [5, 5.41) is 0. The fourth-order valence-corrected chi connectivity index (χ4v) is 1.22. The van der Waals surface area contributed by atoms with Crippen LogP contribution in [0, 0.1) is 0 Å². The average Bonchev–Trinajstić information content (AvgIpc) is 1.63. The standard InChI is InChI=1S/CH6O6P2/c1-6-9(4,5)7-8(2)3/h8H,1H3,(H,2,3)(H,4,5). The molecule has 0 spiro atoms. The van der Waals surface area contributed by atoms with E-state index < -0.39 is 16.1 Å². The van der Waals surface area contributed by atoms with Crippen LogP contribution in [0.25, 0.3) is 0 Å². The van der Waals surface area contributed by atoms with Gasteiger partial charge in [0.15, 0.2) is 0 Å². The van der Waals surface area contributed by atoms with Crippen LogP contribution in [0.5, 0.6) is 0 Å². The zero-order chi connectivity index (χ0) is 7.49. The van der Waals surface area contributed by atoms with Crippen molar-refractivity contribution >= 4 is 16.1 Å². The molecular formula is CH6O6P2. The largest absolute Gasteiger partial charge is 0.479 e. The van der Waals surface area contributed by atoms with E-state index in [1.54, 1.807) is 0 Å². The predicted molar refractivity (Wildman–Crippen MR) is 29.1 cm³/mol. The average molecular weight is 176 g/mol. The molecule has 0 aromatic heterocycles. The van der Waals surface area contributed by atoms with Crippen LogP contribution in [0.4, 0.5) is 0 Å². The lowest BCUT2D eigenvalue weighted by atomic mass is 11.8. The summed E-state index contributed by atoms with van der Waals surface area (Å²) in [6.07, 6.45) is 0. The fourth-order valence-electron chi connectivity index (χ4n) is 0.136. The van der Waals surface area contributed by atoms with E-state index in [1.807, 2.05) is 0 Å². The summed E-state index contributed by atoms with van der Waals surface area (Å²) in [6.45, 7) is 0. The number of hydrogen-bond acceptors (Lipinski definition) is 4. The van der Waals surface area contributed by atoms with E-state index in [0.29, 0.717) is 0 Å². The maximum Gasteiger partial charge on any atom is 0.479 e. The molecule has 0 aromatic carbocycles. The molecule has 56 valence electrons. The van der Waals surface area contributed by atoms with Crippen molar-refractivity contribution < 1.29 is 27.8 Å². The normalized spacial score (nSPS) is 20.8. The Morgan fingerprint density at radius 2 is 2.11 bits per heavy atom. The molecule has 2 atom stereocenters. The van der Waals surface area contributed by atoms with Crippen molar-refractivity contribution in [2.24, 2.45) is 0 Å². The van der Waals surface area contributed by atoms with Gasteiger partial charge < -0.3 is 9.79 Å². The highest BCUT2D eigenvalue weighted by Crippen LogP contribution is 2.49. The van der Waals surface area contributed by atoms with E-state index >= 15 is 0 Å². The van der Waals surface area contributed by atoms with Crippen LogP contribution in [0.1, 0.15) is 0 Å². The minimum absolute atomic E-state index is 0.894. The van der Waals surface area contributed by atoms with E-state index in [2.05, 4.69) is 8.83 Å². The number of phosphoric acid groups is 1. The van der Waals surface area contributed by atoms with E-state index in [9.17, 15) is 9.13 Å². The molecule has 0 saturated heterocycles. The van der Waals surface area contributed by atoms with Gasteiger partial charge in [-0.05, 0) is 0 Å². The maximum absolute atomic E-state index is 10.2. The van der Waals surface area contributed by atoms with Gasteiger partial charge in [0.2, 0.25) is 0 Å². The van der Waals surface area contributed by atoms with E-state index in [-0.39, 0.29) is 0 Å². The summed E-state index contributed by atoms with van der Waals surface area (Å²) < 4.78 is 27.3. The first-order valence-electron chi connectivity index (χ1n) is 1.79. The van der Waals surface area contributed by atoms with Crippen molar-refractivity contribution in [1.29, 1.82) is 0 Å². The summed E-state index contributed by atoms with van der Waals surface area (Å²) in [6, 6.07) is 0. The van der Waals surface area contributed by atoms with Crippen LogP contribution >= 0.6 is 16.1 Å². The Hall–Kier alpha value is 0.300. The van der Waals surface area contributed by atoms with Crippen molar-refractivity contribution in [2.75, 3.05) is 7.11 Å². The highest BCUT2D eigenvalue weighted by atomic mass is 31.2. The maximum atomic E-state index is 10.2. The van der Waals surface area contributed by atoms with Crippen molar-refractivity contribution in [3.8, 4) is 0 Å². The van der Waals surface area contributed by atoms with Crippen molar-refractivity contribution in [3.63, 3.8) is 0 Å². The molecule has 0 amide bonds. The Balaban J connectivity index is 3.88. The van der Waals surface area contributed by atoms with Crippen LogP contribution in [-0.2, 0) is 18.0 Å². The predicted octanol–water partition coefficient (Wildman–Crippen LogP) is 0.132. The zero-order valence-corrected chi connectivity index (χ0v) is 6.37. The summed E-state index contributed by atoms with van der Waals surface area (Å²) in [7, 11) is -6.74. The first kappa shape index (κ1) is 9.30. The highest BCUT2D eigenvalue weighted by molar-refractivity contribution is 7.55. The van der Waals surface area contributed by atoms with Gasteiger partial charge in [-0.3, -0.25) is 9.09 Å². The van der Waals surface area contributed by atoms with Gasteiger partial charge in [-0.1, -0.05) is 0 Å². The van der Waals surface area contributed by atoms with E-state index in [1.165, 1.54) is 0 Å². The number of rotatable bonds is 3. The minimum Gasteiger partial charge on any atom is -0.326 e.